The summed E-state index contributed by atoms with van der Waals surface area (Å²) in [7, 11) is 0. The number of nitrogens with zero attached hydrogens (tertiary/aromatic N) is 2. The number of nitrogens with two attached hydrogens (primary N) is 1. The second-order valence-electron chi connectivity index (χ2n) is 4.93. The number of unbranched alkanes of at least 4 members (excludes halogenated alkanes) is 5. The van der Waals surface area contributed by atoms with Crippen LogP contribution in [0, 0.1) is 13.8 Å². The van der Waals surface area contributed by atoms with E-state index in [1.807, 2.05) is 13.8 Å². The number of hydrogen-bond acceptors (Lipinski definition) is 5. The Morgan fingerprint density at radius 2 is 1.58 bits per heavy atom. The molecule has 1 rings (SSSR count). The van der Waals surface area contributed by atoms with Crippen LogP contribution in [-0.4, -0.2) is 16.5 Å². The highest BCUT2D eigenvalue weighted by atomic mass is 15.3. The van der Waals surface area contributed by atoms with E-state index in [1.54, 1.807) is 0 Å². The topological polar surface area (TPSA) is 75.9 Å². The minimum Gasteiger partial charge on any atom is -0.370 e. The third-order valence-electron chi connectivity index (χ3n) is 3.22. The molecule has 0 saturated carbocycles. The molecular weight excluding hydrogens is 238 g/mol. The quantitative estimate of drug-likeness (QED) is 0.363. The Kier molecular flexibility index (Phi) is 7.18. The van der Waals surface area contributed by atoms with Crippen LogP contribution in [0.25, 0.3) is 0 Å². The average molecular weight is 265 g/mol. The van der Waals surface area contributed by atoms with Gasteiger partial charge in [0, 0.05) is 12.1 Å². The van der Waals surface area contributed by atoms with Gasteiger partial charge in [-0.05, 0) is 20.3 Å². The molecule has 0 unspecified atom stereocenters. The molecule has 5 heteroatoms. The van der Waals surface area contributed by atoms with E-state index < -0.39 is 0 Å². The zero-order chi connectivity index (χ0) is 14.1. The van der Waals surface area contributed by atoms with Gasteiger partial charge in [-0.15, -0.1) is 0 Å². The van der Waals surface area contributed by atoms with Crippen LogP contribution in [0.3, 0.4) is 0 Å². The number of rotatable bonds is 9. The molecule has 1 aromatic heterocycles. The third-order valence-corrected chi connectivity index (χ3v) is 3.22. The van der Waals surface area contributed by atoms with Crippen LogP contribution in [0.2, 0.25) is 0 Å². The zero-order valence-corrected chi connectivity index (χ0v) is 12.4. The van der Waals surface area contributed by atoms with Crippen molar-refractivity contribution >= 4 is 11.6 Å². The van der Waals surface area contributed by atoms with Gasteiger partial charge in [-0.1, -0.05) is 39.0 Å². The predicted molar refractivity (Wildman–Crippen MR) is 81.2 cm³/mol. The molecule has 1 heterocycles. The summed E-state index contributed by atoms with van der Waals surface area (Å²) in [6.07, 6.45) is 7.78. The van der Waals surface area contributed by atoms with Gasteiger partial charge in [0.25, 0.3) is 0 Å². The van der Waals surface area contributed by atoms with Gasteiger partial charge >= 0.3 is 0 Å². The van der Waals surface area contributed by atoms with Crippen molar-refractivity contribution in [3.05, 3.63) is 11.4 Å². The minimum atomic E-state index is 0.693. The molecule has 5 nitrogen and oxygen atoms in total. The summed E-state index contributed by atoms with van der Waals surface area (Å²) in [4.78, 5) is 8.65. The second-order valence-corrected chi connectivity index (χ2v) is 4.93. The minimum absolute atomic E-state index is 0.693. The molecule has 0 bridgehead atoms. The van der Waals surface area contributed by atoms with E-state index >= 15 is 0 Å². The SMILES string of the molecule is CCCCCCCCNc1nc(C)nc(NN)c1C. The maximum Gasteiger partial charge on any atom is 0.148 e. The summed E-state index contributed by atoms with van der Waals surface area (Å²) in [5.41, 5.74) is 3.58. The molecule has 4 N–H and O–H groups in total. The van der Waals surface area contributed by atoms with Crippen LogP contribution >= 0.6 is 0 Å². The van der Waals surface area contributed by atoms with E-state index in [2.05, 4.69) is 27.6 Å². The van der Waals surface area contributed by atoms with Crippen LogP contribution in [0.15, 0.2) is 0 Å². The van der Waals surface area contributed by atoms with Crippen molar-refractivity contribution in [1.82, 2.24) is 9.97 Å². The molecule has 0 aliphatic carbocycles. The van der Waals surface area contributed by atoms with Gasteiger partial charge in [-0.25, -0.2) is 15.8 Å². The van der Waals surface area contributed by atoms with Crippen molar-refractivity contribution in [2.75, 3.05) is 17.3 Å². The first-order chi connectivity index (χ1) is 9.19. The molecule has 0 aliphatic rings. The largest absolute Gasteiger partial charge is 0.370 e. The van der Waals surface area contributed by atoms with Gasteiger partial charge < -0.3 is 10.7 Å². The van der Waals surface area contributed by atoms with Gasteiger partial charge in [-0.3, -0.25) is 0 Å². The Bertz CT molecular complexity index is 378. The Morgan fingerprint density at radius 1 is 0.947 bits per heavy atom. The average Bonchev–Trinajstić information content (AvgIpc) is 2.41. The molecule has 0 amide bonds. The number of anilines is 2. The van der Waals surface area contributed by atoms with Crippen molar-refractivity contribution < 1.29 is 0 Å². The van der Waals surface area contributed by atoms with Crippen molar-refractivity contribution in [2.45, 2.75) is 59.3 Å². The maximum atomic E-state index is 5.44. The lowest BCUT2D eigenvalue weighted by atomic mass is 10.1. The standard InChI is InChI=1S/C14H27N5/c1-4-5-6-7-8-9-10-16-13-11(2)14(19-15)18-12(3)17-13/h4-10,15H2,1-3H3,(H2,16,17,18,19). The lowest BCUT2D eigenvalue weighted by Crippen LogP contribution is -2.14. The maximum absolute atomic E-state index is 5.44. The number of aryl methyl sites for hydroxylation is 1. The smallest absolute Gasteiger partial charge is 0.148 e. The lowest BCUT2D eigenvalue weighted by molar-refractivity contribution is 0.616. The fraction of sp³-hybridized carbons (Fsp3) is 0.714. The molecular formula is C14H27N5. The molecule has 0 spiro atoms. The zero-order valence-electron chi connectivity index (χ0n) is 12.4. The summed E-state index contributed by atoms with van der Waals surface area (Å²) in [5, 5.41) is 3.37. The summed E-state index contributed by atoms with van der Waals surface area (Å²) in [6.45, 7) is 7.03. The van der Waals surface area contributed by atoms with Crippen molar-refractivity contribution in [1.29, 1.82) is 0 Å². The van der Waals surface area contributed by atoms with Gasteiger partial charge in [-0.2, -0.15) is 0 Å². The first-order valence-electron chi connectivity index (χ1n) is 7.24. The first-order valence-corrected chi connectivity index (χ1v) is 7.24. The molecule has 0 fully saturated rings. The van der Waals surface area contributed by atoms with Crippen LogP contribution < -0.4 is 16.6 Å². The fourth-order valence-electron chi connectivity index (χ4n) is 2.05. The van der Waals surface area contributed by atoms with Crippen LogP contribution in [-0.2, 0) is 0 Å². The Balaban J connectivity index is 2.35. The Labute approximate surface area is 116 Å². The molecule has 0 radical (unpaired) electrons. The molecule has 0 saturated heterocycles. The van der Waals surface area contributed by atoms with Gasteiger partial charge in [0.15, 0.2) is 0 Å². The number of hydrogen-bond donors (Lipinski definition) is 3. The fourth-order valence-corrected chi connectivity index (χ4v) is 2.05. The van der Waals surface area contributed by atoms with Crippen molar-refractivity contribution in [2.24, 2.45) is 5.84 Å². The number of nitrogens with one attached hydrogen (secondary N) is 2. The summed E-state index contributed by atoms with van der Waals surface area (Å²) in [6, 6.07) is 0. The van der Waals surface area contributed by atoms with Gasteiger partial charge in [0.2, 0.25) is 0 Å². The predicted octanol–water partition coefficient (Wildman–Crippen LogP) is 3.15. The molecule has 19 heavy (non-hydrogen) atoms. The van der Waals surface area contributed by atoms with E-state index in [1.165, 1.54) is 38.5 Å². The second kappa shape index (κ2) is 8.69. The van der Waals surface area contributed by atoms with Crippen molar-refractivity contribution in [3.8, 4) is 0 Å². The summed E-state index contributed by atoms with van der Waals surface area (Å²) in [5.74, 6) is 7.75. The van der Waals surface area contributed by atoms with E-state index in [-0.39, 0.29) is 0 Å². The number of aromatic nitrogens is 2. The molecule has 1 aromatic rings. The van der Waals surface area contributed by atoms with Crippen molar-refractivity contribution in [3.63, 3.8) is 0 Å². The summed E-state index contributed by atoms with van der Waals surface area (Å²) < 4.78 is 0. The first kappa shape index (κ1) is 15.7. The van der Waals surface area contributed by atoms with E-state index in [0.29, 0.717) is 5.82 Å². The monoisotopic (exact) mass is 265 g/mol. The van der Waals surface area contributed by atoms with Crippen LogP contribution in [0.4, 0.5) is 11.6 Å². The van der Waals surface area contributed by atoms with Gasteiger partial charge in [0.05, 0.1) is 0 Å². The van der Waals surface area contributed by atoms with Crippen LogP contribution in [0.5, 0.6) is 0 Å². The summed E-state index contributed by atoms with van der Waals surface area (Å²) >= 11 is 0. The molecule has 0 atom stereocenters. The highest BCUT2D eigenvalue weighted by Gasteiger charge is 2.07. The van der Waals surface area contributed by atoms with Gasteiger partial charge in [0.1, 0.15) is 17.5 Å². The van der Waals surface area contributed by atoms with E-state index in [4.69, 9.17) is 5.84 Å². The Hall–Kier alpha value is -1.36. The number of hydrazine groups is 1. The molecule has 0 aliphatic heterocycles. The van der Waals surface area contributed by atoms with E-state index in [0.717, 1.165) is 23.8 Å². The highest BCUT2D eigenvalue weighted by molar-refractivity contribution is 5.56. The third kappa shape index (κ3) is 5.42. The van der Waals surface area contributed by atoms with E-state index in [9.17, 15) is 0 Å². The lowest BCUT2D eigenvalue weighted by Gasteiger charge is -2.12. The van der Waals surface area contributed by atoms with Crippen LogP contribution in [0.1, 0.15) is 56.8 Å². The number of nitrogen functional groups attached to an aromatic ring is 1. The normalized spacial score (nSPS) is 10.5. The molecule has 0 aromatic carbocycles. The molecule has 108 valence electrons. The highest BCUT2D eigenvalue weighted by Crippen LogP contribution is 2.18. The Morgan fingerprint density at radius 3 is 2.26 bits per heavy atom.